The van der Waals surface area contributed by atoms with E-state index in [9.17, 15) is 9.90 Å². The Labute approximate surface area is 132 Å². The van der Waals surface area contributed by atoms with Crippen LogP contribution in [0.25, 0.3) is 0 Å². The maximum absolute atomic E-state index is 12.6. The average molecular weight is 306 g/mol. The monoisotopic (exact) mass is 306 g/mol. The molecule has 1 fully saturated rings. The predicted octanol–water partition coefficient (Wildman–Crippen LogP) is 2.18. The van der Waals surface area contributed by atoms with Crippen LogP contribution in [-0.2, 0) is 6.42 Å². The summed E-state index contributed by atoms with van der Waals surface area (Å²) in [6, 6.07) is 3.76. The molecule has 0 aliphatic carbocycles. The molecule has 0 radical (unpaired) electrons. The molecule has 2 N–H and O–H groups in total. The van der Waals surface area contributed by atoms with Crippen molar-refractivity contribution in [3.63, 3.8) is 0 Å². The van der Waals surface area contributed by atoms with E-state index in [0.717, 1.165) is 25.1 Å². The SMILES string of the molecule is CCc1ccc(O)c(OC)c1C(=O)NC[C@@H]1CCCN1CC. The number of likely N-dealkylation sites (tertiary alicyclic amines) is 1. The van der Waals surface area contributed by atoms with Gasteiger partial charge in [-0.2, -0.15) is 0 Å². The summed E-state index contributed by atoms with van der Waals surface area (Å²) in [6.07, 6.45) is 3.01. The normalized spacial score (nSPS) is 18.4. The summed E-state index contributed by atoms with van der Waals surface area (Å²) >= 11 is 0. The third-order valence-electron chi connectivity index (χ3n) is 4.44. The number of methoxy groups -OCH3 is 1. The number of ether oxygens (including phenoxy) is 1. The highest BCUT2D eigenvalue weighted by Gasteiger charge is 2.25. The number of amides is 1. The molecule has 1 atom stereocenters. The maximum Gasteiger partial charge on any atom is 0.255 e. The van der Waals surface area contributed by atoms with E-state index in [0.29, 0.717) is 24.6 Å². The third-order valence-corrected chi connectivity index (χ3v) is 4.44. The molecular weight excluding hydrogens is 280 g/mol. The molecule has 0 bridgehead atoms. The van der Waals surface area contributed by atoms with Gasteiger partial charge in [0.05, 0.1) is 12.7 Å². The molecule has 2 rings (SSSR count). The molecule has 5 heteroatoms. The number of phenolic OH excluding ortho intramolecular Hbond substituents is 1. The van der Waals surface area contributed by atoms with Gasteiger partial charge < -0.3 is 15.2 Å². The van der Waals surface area contributed by atoms with Crippen molar-refractivity contribution in [1.29, 1.82) is 0 Å². The fourth-order valence-corrected chi connectivity index (χ4v) is 3.20. The minimum absolute atomic E-state index is 0.000834. The van der Waals surface area contributed by atoms with E-state index in [2.05, 4.69) is 17.1 Å². The molecular formula is C17H26N2O3. The summed E-state index contributed by atoms with van der Waals surface area (Å²) in [5.74, 6) is 0.0871. The van der Waals surface area contributed by atoms with E-state index in [1.54, 1.807) is 12.1 Å². The second-order valence-corrected chi connectivity index (χ2v) is 5.64. The van der Waals surface area contributed by atoms with Crippen molar-refractivity contribution in [3.8, 4) is 11.5 Å². The number of hydrogen-bond acceptors (Lipinski definition) is 4. The molecule has 1 amide bonds. The number of aromatic hydroxyl groups is 1. The summed E-state index contributed by atoms with van der Waals surface area (Å²) in [4.78, 5) is 15.0. The van der Waals surface area contributed by atoms with Gasteiger partial charge in [0.1, 0.15) is 0 Å². The van der Waals surface area contributed by atoms with Gasteiger partial charge in [-0.3, -0.25) is 9.69 Å². The predicted molar refractivity (Wildman–Crippen MR) is 86.6 cm³/mol. The lowest BCUT2D eigenvalue weighted by Gasteiger charge is -2.23. The quantitative estimate of drug-likeness (QED) is 0.845. The first kappa shape index (κ1) is 16.6. The second kappa shape index (κ2) is 7.49. The Kier molecular flexibility index (Phi) is 5.66. The first-order valence-electron chi connectivity index (χ1n) is 8.03. The Morgan fingerprint density at radius 1 is 1.45 bits per heavy atom. The summed E-state index contributed by atoms with van der Waals surface area (Å²) < 4.78 is 5.23. The van der Waals surface area contributed by atoms with Gasteiger partial charge in [-0.05, 0) is 44.0 Å². The van der Waals surface area contributed by atoms with Crippen LogP contribution in [0.1, 0.15) is 42.6 Å². The number of hydrogen-bond donors (Lipinski definition) is 2. The highest BCUT2D eigenvalue weighted by molar-refractivity contribution is 5.99. The minimum atomic E-state index is -0.174. The fraction of sp³-hybridized carbons (Fsp3) is 0.588. The maximum atomic E-state index is 12.6. The second-order valence-electron chi connectivity index (χ2n) is 5.64. The van der Waals surface area contributed by atoms with Crippen LogP contribution in [0.3, 0.4) is 0 Å². The first-order chi connectivity index (χ1) is 10.6. The van der Waals surface area contributed by atoms with Crippen LogP contribution >= 0.6 is 0 Å². The Bertz CT molecular complexity index is 531. The molecule has 1 aliphatic heterocycles. The lowest BCUT2D eigenvalue weighted by atomic mass is 10.0. The number of benzene rings is 1. The fourth-order valence-electron chi connectivity index (χ4n) is 3.20. The first-order valence-corrected chi connectivity index (χ1v) is 8.03. The van der Waals surface area contributed by atoms with Crippen molar-refractivity contribution in [3.05, 3.63) is 23.3 Å². The van der Waals surface area contributed by atoms with Gasteiger partial charge in [-0.25, -0.2) is 0 Å². The largest absolute Gasteiger partial charge is 0.504 e. The summed E-state index contributed by atoms with van der Waals surface area (Å²) in [7, 11) is 1.47. The Morgan fingerprint density at radius 3 is 2.86 bits per heavy atom. The van der Waals surface area contributed by atoms with Crippen LogP contribution in [-0.4, -0.2) is 48.7 Å². The summed E-state index contributed by atoms with van der Waals surface area (Å²) in [6.45, 7) is 6.88. The van der Waals surface area contributed by atoms with Crippen LogP contribution in [0.4, 0.5) is 0 Å². The number of carbonyl (C=O) groups is 1. The van der Waals surface area contributed by atoms with Crippen molar-refractivity contribution in [2.24, 2.45) is 0 Å². The Balaban J connectivity index is 2.13. The molecule has 0 aromatic heterocycles. The van der Waals surface area contributed by atoms with Crippen molar-refractivity contribution >= 4 is 5.91 Å². The van der Waals surface area contributed by atoms with E-state index in [1.165, 1.54) is 13.5 Å². The molecule has 0 unspecified atom stereocenters. The molecule has 1 aromatic carbocycles. The average Bonchev–Trinajstić information content (AvgIpc) is 2.99. The molecule has 1 aliphatic rings. The number of nitrogens with one attached hydrogen (secondary N) is 1. The topological polar surface area (TPSA) is 61.8 Å². The van der Waals surface area contributed by atoms with E-state index in [-0.39, 0.29) is 17.4 Å². The van der Waals surface area contributed by atoms with E-state index < -0.39 is 0 Å². The van der Waals surface area contributed by atoms with Crippen LogP contribution < -0.4 is 10.1 Å². The van der Waals surface area contributed by atoms with Crippen molar-refractivity contribution in [1.82, 2.24) is 10.2 Å². The van der Waals surface area contributed by atoms with Crippen LogP contribution in [0, 0.1) is 0 Å². The lowest BCUT2D eigenvalue weighted by Crippen LogP contribution is -2.40. The highest BCUT2D eigenvalue weighted by Crippen LogP contribution is 2.32. The lowest BCUT2D eigenvalue weighted by molar-refractivity contribution is 0.0936. The third kappa shape index (κ3) is 3.35. The smallest absolute Gasteiger partial charge is 0.255 e. The molecule has 0 spiro atoms. The molecule has 1 heterocycles. The van der Waals surface area contributed by atoms with Gasteiger partial charge in [-0.15, -0.1) is 0 Å². The van der Waals surface area contributed by atoms with E-state index in [1.807, 2.05) is 6.92 Å². The zero-order valence-electron chi connectivity index (χ0n) is 13.7. The number of nitrogens with zero attached hydrogens (tertiary/aromatic N) is 1. The Hall–Kier alpha value is -1.75. The van der Waals surface area contributed by atoms with Gasteiger partial charge in [0.25, 0.3) is 5.91 Å². The van der Waals surface area contributed by atoms with Crippen LogP contribution in [0.15, 0.2) is 12.1 Å². The minimum Gasteiger partial charge on any atom is -0.504 e. The van der Waals surface area contributed by atoms with Crippen molar-refractivity contribution < 1.29 is 14.6 Å². The number of carbonyl (C=O) groups excluding carboxylic acids is 1. The molecule has 1 aromatic rings. The molecule has 0 saturated carbocycles. The molecule has 5 nitrogen and oxygen atoms in total. The summed E-state index contributed by atoms with van der Waals surface area (Å²) in [5, 5.41) is 12.9. The molecule has 1 saturated heterocycles. The zero-order chi connectivity index (χ0) is 16.1. The van der Waals surface area contributed by atoms with E-state index >= 15 is 0 Å². The number of aryl methyl sites for hydroxylation is 1. The number of rotatable bonds is 6. The number of likely N-dealkylation sites (N-methyl/N-ethyl adjacent to an activating group) is 1. The molecule has 22 heavy (non-hydrogen) atoms. The van der Waals surface area contributed by atoms with Crippen LogP contribution in [0.5, 0.6) is 11.5 Å². The Morgan fingerprint density at radius 2 is 2.23 bits per heavy atom. The standard InChI is InChI=1S/C17H26N2O3/c1-4-12-8-9-14(20)16(22-3)15(12)17(21)18-11-13-7-6-10-19(13)5-2/h8-9,13,20H,4-7,10-11H2,1-3H3,(H,18,21)/t13-/m0/s1. The van der Waals surface area contributed by atoms with Gasteiger partial charge in [0.2, 0.25) is 0 Å². The van der Waals surface area contributed by atoms with Crippen molar-refractivity contribution in [2.75, 3.05) is 26.7 Å². The van der Waals surface area contributed by atoms with Gasteiger partial charge >= 0.3 is 0 Å². The highest BCUT2D eigenvalue weighted by atomic mass is 16.5. The van der Waals surface area contributed by atoms with Gasteiger partial charge in [0.15, 0.2) is 11.5 Å². The van der Waals surface area contributed by atoms with Gasteiger partial charge in [-0.1, -0.05) is 19.9 Å². The summed E-state index contributed by atoms with van der Waals surface area (Å²) in [5.41, 5.74) is 1.33. The number of phenols is 1. The van der Waals surface area contributed by atoms with Gasteiger partial charge in [0, 0.05) is 12.6 Å². The van der Waals surface area contributed by atoms with Crippen LogP contribution in [0.2, 0.25) is 0 Å². The molecule has 122 valence electrons. The zero-order valence-corrected chi connectivity index (χ0v) is 13.7. The van der Waals surface area contributed by atoms with Crippen molar-refractivity contribution in [2.45, 2.75) is 39.2 Å². The van der Waals surface area contributed by atoms with E-state index in [4.69, 9.17) is 4.74 Å².